The van der Waals surface area contributed by atoms with Gasteiger partial charge in [0.15, 0.2) is 5.57 Å². The zero-order valence-corrected chi connectivity index (χ0v) is 11.1. The first kappa shape index (κ1) is 13.9. The lowest BCUT2D eigenvalue weighted by molar-refractivity contribution is 1.28. The molecule has 2 N–H and O–H groups in total. The van der Waals surface area contributed by atoms with Crippen molar-refractivity contribution in [3.63, 3.8) is 0 Å². The number of anilines is 1. The van der Waals surface area contributed by atoms with Crippen molar-refractivity contribution in [1.29, 1.82) is 15.8 Å². The number of pyridine rings is 1. The van der Waals surface area contributed by atoms with Gasteiger partial charge >= 0.3 is 0 Å². The summed E-state index contributed by atoms with van der Waals surface area (Å²) in [6, 6.07) is 11.7. The number of aromatic nitrogens is 1. The van der Waals surface area contributed by atoms with E-state index in [0.29, 0.717) is 11.2 Å². The summed E-state index contributed by atoms with van der Waals surface area (Å²) in [5.41, 5.74) is 1.44. The highest BCUT2D eigenvalue weighted by Gasteiger charge is 2.07. The van der Waals surface area contributed by atoms with E-state index in [1.807, 2.05) is 0 Å². The molecule has 0 saturated carbocycles. The van der Waals surface area contributed by atoms with Crippen molar-refractivity contribution < 1.29 is 0 Å². The Labute approximate surface area is 120 Å². The maximum Gasteiger partial charge on any atom is 0.248 e. The van der Waals surface area contributed by atoms with Gasteiger partial charge in [0.25, 0.3) is 0 Å². The van der Waals surface area contributed by atoms with Gasteiger partial charge in [-0.25, -0.2) is 0 Å². The smallest absolute Gasteiger partial charge is 0.248 e. The van der Waals surface area contributed by atoms with Gasteiger partial charge in [0.1, 0.15) is 23.9 Å². The van der Waals surface area contributed by atoms with Crippen LogP contribution in [0.2, 0.25) is 0 Å². The fourth-order valence-corrected chi connectivity index (χ4v) is 1.93. The SMILES string of the molecule is Cc1cc(=O)[nH]c2ccc(NC(C#N)=C(C#N)C#N)cc12. The van der Waals surface area contributed by atoms with Crippen molar-refractivity contribution in [2.24, 2.45) is 0 Å². The molecule has 1 heterocycles. The molecule has 100 valence electrons. The highest BCUT2D eigenvalue weighted by molar-refractivity contribution is 5.85. The number of fused-ring (bicyclic) bond motifs is 1. The Balaban J connectivity index is 2.53. The van der Waals surface area contributed by atoms with Crippen LogP contribution in [-0.2, 0) is 0 Å². The van der Waals surface area contributed by atoms with Gasteiger partial charge in [-0.3, -0.25) is 4.79 Å². The second kappa shape index (κ2) is 5.61. The molecule has 0 atom stereocenters. The Kier molecular flexibility index (Phi) is 3.70. The van der Waals surface area contributed by atoms with Crippen molar-refractivity contribution in [2.45, 2.75) is 6.92 Å². The second-order valence-electron chi connectivity index (χ2n) is 4.29. The van der Waals surface area contributed by atoms with E-state index in [9.17, 15) is 4.79 Å². The predicted molar refractivity (Wildman–Crippen MR) is 76.8 cm³/mol. The molecule has 6 nitrogen and oxygen atoms in total. The lowest BCUT2D eigenvalue weighted by atomic mass is 10.1. The molecule has 0 saturated heterocycles. The van der Waals surface area contributed by atoms with Crippen LogP contribution >= 0.6 is 0 Å². The van der Waals surface area contributed by atoms with Gasteiger partial charge < -0.3 is 10.3 Å². The van der Waals surface area contributed by atoms with Gasteiger partial charge in [-0.15, -0.1) is 0 Å². The molecular weight excluding hydrogens is 266 g/mol. The quantitative estimate of drug-likeness (QED) is 0.814. The summed E-state index contributed by atoms with van der Waals surface area (Å²) >= 11 is 0. The molecule has 0 fully saturated rings. The van der Waals surface area contributed by atoms with Crippen LogP contribution in [0.4, 0.5) is 5.69 Å². The van der Waals surface area contributed by atoms with Crippen molar-refractivity contribution >= 4 is 16.6 Å². The highest BCUT2D eigenvalue weighted by atomic mass is 16.1. The monoisotopic (exact) mass is 275 g/mol. The molecular formula is C15H9N5O. The lowest BCUT2D eigenvalue weighted by Crippen LogP contribution is -2.05. The topological polar surface area (TPSA) is 116 Å². The van der Waals surface area contributed by atoms with Crippen LogP contribution in [0, 0.1) is 40.9 Å². The molecule has 0 unspecified atom stereocenters. The molecule has 0 amide bonds. The Bertz CT molecular complexity index is 916. The minimum absolute atomic E-state index is 0.110. The molecule has 21 heavy (non-hydrogen) atoms. The molecule has 0 aliphatic heterocycles. The molecule has 2 aromatic rings. The van der Waals surface area contributed by atoms with Gasteiger partial charge in [-0.1, -0.05) is 0 Å². The first-order valence-electron chi connectivity index (χ1n) is 5.94. The number of rotatable bonds is 2. The number of nitrogens with one attached hydrogen (secondary N) is 2. The van der Waals surface area contributed by atoms with E-state index in [-0.39, 0.29) is 16.8 Å². The summed E-state index contributed by atoms with van der Waals surface area (Å²) < 4.78 is 0. The van der Waals surface area contributed by atoms with Gasteiger partial charge in [0.2, 0.25) is 5.56 Å². The Hall–Kier alpha value is -3.56. The van der Waals surface area contributed by atoms with Crippen molar-refractivity contribution in [3.05, 3.63) is 51.5 Å². The van der Waals surface area contributed by atoms with Crippen LogP contribution in [0.5, 0.6) is 0 Å². The first-order valence-corrected chi connectivity index (χ1v) is 5.94. The zero-order valence-electron chi connectivity index (χ0n) is 11.1. The second-order valence-corrected chi connectivity index (χ2v) is 4.29. The third-order valence-corrected chi connectivity index (χ3v) is 2.90. The van der Waals surface area contributed by atoms with E-state index in [2.05, 4.69) is 10.3 Å². The molecule has 1 aromatic heterocycles. The summed E-state index contributed by atoms with van der Waals surface area (Å²) in [4.78, 5) is 14.1. The molecule has 0 aliphatic carbocycles. The number of benzene rings is 1. The molecule has 6 heteroatoms. The average Bonchev–Trinajstić information content (AvgIpc) is 2.47. The largest absolute Gasteiger partial charge is 0.345 e. The number of aryl methyl sites for hydroxylation is 1. The Morgan fingerprint density at radius 1 is 1.14 bits per heavy atom. The van der Waals surface area contributed by atoms with Gasteiger partial charge in [-0.2, -0.15) is 15.8 Å². The van der Waals surface area contributed by atoms with Gasteiger partial charge in [-0.05, 0) is 30.7 Å². The highest BCUT2D eigenvalue weighted by Crippen LogP contribution is 2.21. The molecule has 0 bridgehead atoms. The molecule has 0 spiro atoms. The zero-order chi connectivity index (χ0) is 15.4. The number of nitrogens with zero attached hydrogens (tertiary/aromatic N) is 3. The number of allylic oxidation sites excluding steroid dienone is 2. The lowest BCUT2D eigenvalue weighted by Gasteiger charge is -2.07. The summed E-state index contributed by atoms with van der Waals surface area (Å²) in [5, 5.41) is 30.1. The Morgan fingerprint density at radius 3 is 2.48 bits per heavy atom. The number of H-pyrrole nitrogens is 1. The predicted octanol–water partition coefficient (Wildman–Crippen LogP) is 2.07. The van der Waals surface area contributed by atoms with E-state index in [1.165, 1.54) is 6.07 Å². The Morgan fingerprint density at radius 2 is 1.86 bits per heavy atom. The normalized spacial score (nSPS) is 9.24. The first-order chi connectivity index (χ1) is 10.1. The van der Waals surface area contributed by atoms with Crippen molar-refractivity contribution in [1.82, 2.24) is 4.98 Å². The summed E-state index contributed by atoms with van der Waals surface area (Å²) in [6.45, 7) is 1.80. The summed E-state index contributed by atoms with van der Waals surface area (Å²) in [6.07, 6.45) is 0. The average molecular weight is 275 g/mol. The number of aromatic amines is 1. The van der Waals surface area contributed by atoms with Gasteiger partial charge in [0.05, 0.1) is 0 Å². The van der Waals surface area contributed by atoms with E-state index >= 15 is 0 Å². The van der Waals surface area contributed by atoms with Gasteiger partial charge in [0, 0.05) is 22.7 Å². The maximum absolute atomic E-state index is 11.4. The van der Waals surface area contributed by atoms with Crippen molar-refractivity contribution in [3.8, 4) is 18.2 Å². The van der Waals surface area contributed by atoms with Crippen LogP contribution in [0.1, 0.15) is 5.56 Å². The van der Waals surface area contributed by atoms with E-state index in [0.717, 1.165) is 10.9 Å². The van der Waals surface area contributed by atoms with Crippen molar-refractivity contribution in [2.75, 3.05) is 5.32 Å². The molecule has 0 aliphatic rings. The maximum atomic E-state index is 11.4. The van der Waals surface area contributed by atoms with E-state index < -0.39 is 0 Å². The van der Waals surface area contributed by atoms with Crippen LogP contribution < -0.4 is 10.9 Å². The van der Waals surface area contributed by atoms with E-state index in [4.69, 9.17) is 15.8 Å². The minimum Gasteiger partial charge on any atom is -0.345 e. The third-order valence-electron chi connectivity index (χ3n) is 2.90. The number of nitriles is 3. The van der Waals surface area contributed by atoms with Crippen LogP contribution in [0.25, 0.3) is 10.9 Å². The molecule has 1 aromatic carbocycles. The van der Waals surface area contributed by atoms with E-state index in [1.54, 1.807) is 43.3 Å². The fraction of sp³-hybridized carbons (Fsp3) is 0.0667. The minimum atomic E-state index is -0.282. The third kappa shape index (κ3) is 2.73. The van der Waals surface area contributed by atoms with Crippen LogP contribution in [-0.4, -0.2) is 4.98 Å². The number of hydrogen-bond donors (Lipinski definition) is 2. The molecule has 2 rings (SSSR count). The van der Waals surface area contributed by atoms with Crippen LogP contribution in [0.3, 0.4) is 0 Å². The van der Waals surface area contributed by atoms with Crippen LogP contribution in [0.15, 0.2) is 40.3 Å². The summed E-state index contributed by atoms with van der Waals surface area (Å²) in [7, 11) is 0. The standard InChI is InChI=1S/C15H9N5O/c1-9-4-15(21)20-13-3-2-11(5-12(9)13)19-14(8-18)10(6-16)7-17/h2-5,19H,1H3,(H,20,21). The fourth-order valence-electron chi connectivity index (χ4n) is 1.93. The molecule has 0 radical (unpaired) electrons. The number of hydrogen-bond acceptors (Lipinski definition) is 5. The summed E-state index contributed by atoms with van der Waals surface area (Å²) in [5.74, 6) is 0.